The summed E-state index contributed by atoms with van der Waals surface area (Å²) in [5, 5.41) is 5.02. The number of rotatable bonds is 6. The molecule has 1 N–H and O–H groups in total. The quantitative estimate of drug-likeness (QED) is 0.791. The monoisotopic (exact) mass is 314 g/mol. The molecule has 112 valence electrons. The van der Waals surface area contributed by atoms with E-state index in [2.05, 4.69) is 17.1 Å². The topological polar surface area (TPSA) is 15.3 Å². The van der Waals surface area contributed by atoms with Crippen molar-refractivity contribution in [2.75, 3.05) is 26.2 Å². The molecule has 1 aromatic rings. The van der Waals surface area contributed by atoms with Crippen LogP contribution >= 0.6 is 23.2 Å². The van der Waals surface area contributed by atoms with Crippen LogP contribution in [0.5, 0.6) is 0 Å². The maximum atomic E-state index is 6.24. The Morgan fingerprint density at radius 3 is 2.65 bits per heavy atom. The SMILES string of the molecule is CCCNCC1CCN(Cc2ccc(Cl)cc2Cl)CC1. The van der Waals surface area contributed by atoms with Gasteiger partial charge in [-0.05, 0) is 69.1 Å². The number of benzene rings is 1. The van der Waals surface area contributed by atoms with Crippen molar-refractivity contribution in [3.63, 3.8) is 0 Å². The highest BCUT2D eigenvalue weighted by Gasteiger charge is 2.19. The van der Waals surface area contributed by atoms with Gasteiger partial charge in [-0.15, -0.1) is 0 Å². The molecule has 0 radical (unpaired) electrons. The Bertz CT molecular complexity index is 415. The average Bonchev–Trinajstić information content (AvgIpc) is 2.44. The van der Waals surface area contributed by atoms with E-state index in [1.165, 1.54) is 31.4 Å². The van der Waals surface area contributed by atoms with E-state index in [1.807, 2.05) is 18.2 Å². The predicted molar refractivity (Wildman–Crippen MR) is 87.6 cm³/mol. The number of hydrogen-bond acceptors (Lipinski definition) is 2. The average molecular weight is 315 g/mol. The molecule has 0 atom stereocenters. The van der Waals surface area contributed by atoms with Crippen LogP contribution in [0, 0.1) is 5.92 Å². The molecule has 1 aliphatic heterocycles. The van der Waals surface area contributed by atoms with E-state index in [0.717, 1.165) is 37.1 Å². The zero-order valence-electron chi connectivity index (χ0n) is 12.2. The van der Waals surface area contributed by atoms with Crippen LogP contribution in [0.2, 0.25) is 10.0 Å². The van der Waals surface area contributed by atoms with Gasteiger partial charge in [0, 0.05) is 16.6 Å². The minimum Gasteiger partial charge on any atom is -0.316 e. The number of hydrogen-bond donors (Lipinski definition) is 1. The lowest BCUT2D eigenvalue weighted by molar-refractivity contribution is 0.175. The summed E-state index contributed by atoms with van der Waals surface area (Å²) in [7, 11) is 0. The zero-order chi connectivity index (χ0) is 14.4. The number of nitrogens with one attached hydrogen (secondary N) is 1. The third kappa shape index (κ3) is 4.92. The summed E-state index contributed by atoms with van der Waals surface area (Å²) in [5.74, 6) is 0.832. The first-order valence-electron chi connectivity index (χ1n) is 7.56. The lowest BCUT2D eigenvalue weighted by Crippen LogP contribution is -2.37. The lowest BCUT2D eigenvalue weighted by atomic mass is 9.96. The van der Waals surface area contributed by atoms with Gasteiger partial charge in [0.15, 0.2) is 0 Å². The van der Waals surface area contributed by atoms with Crippen LogP contribution in [0.4, 0.5) is 0 Å². The van der Waals surface area contributed by atoms with Gasteiger partial charge in [-0.2, -0.15) is 0 Å². The molecule has 0 spiro atoms. The molecule has 2 rings (SSSR count). The van der Waals surface area contributed by atoms with E-state index in [1.54, 1.807) is 0 Å². The van der Waals surface area contributed by atoms with Crippen LogP contribution in [-0.4, -0.2) is 31.1 Å². The van der Waals surface area contributed by atoms with E-state index in [0.29, 0.717) is 5.02 Å². The summed E-state index contributed by atoms with van der Waals surface area (Å²) in [5.41, 5.74) is 1.18. The van der Waals surface area contributed by atoms with Gasteiger partial charge in [0.1, 0.15) is 0 Å². The maximum absolute atomic E-state index is 6.24. The molecular formula is C16H24Cl2N2. The summed E-state index contributed by atoms with van der Waals surface area (Å²) in [4.78, 5) is 2.49. The zero-order valence-corrected chi connectivity index (χ0v) is 13.7. The van der Waals surface area contributed by atoms with E-state index >= 15 is 0 Å². The van der Waals surface area contributed by atoms with E-state index in [-0.39, 0.29) is 0 Å². The van der Waals surface area contributed by atoms with E-state index < -0.39 is 0 Å². The Balaban J connectivity index is 1.76. The number of piperidine rings is 1. The van der Waals surface area contributed by atoms with Crippen LogP contribution in [0.1, 0.15) is 31.7 Å². The highest BCUT2D eigenvalue weighted by molar-refractivity contribution is 6.35. The van der Waals surface area contributed by atoms with Gasteiger partial charge in [-0.1, -0.05) is 36.2 Å². The molecule has 0 aliphatic carbocycles. The lowest BCUT2D eigenvalue weighted by Gasteiger charge is -2.32. The highest BCUT2D eigenvalue weighted by Crippen LogP contribution is 2.24. The minimum absolute atomic E-state index is 0.708. The molecule has 0 bridgehead atoms. The van der Waals surface area contributed by atoms with Crippen molar-refractivity contribution < 1.29 is 0 Å². The molecule has 1 heterocycles. The third-order valence-corrected chi connectivity index (χ3v) is 4.56. The molecular weight excluding hydrogens is 291 g/mol. The van der Waals surface area contributed by atoms with Crippen LogP contribution < -0.4 is 5.32 Å². The Kier molecular flexibility index (Phi) is 6.63. The number of likely N-dealkylation sites (tertiary alicyclic amines) is 1. The van der Waals surface area contributed by atoms with Crippen LogP contribution in [0.15, 0.2) is 18.2 Å². The molecule has 1 aliphatic rings. The first-order chi connectivity index (χ1) is 9.69. The van der Waals surface area contributed by atoms with Crippen LogP contribution in [0.3, 0.4) is 0 Å². The largest absolute Gasteiger partial charge is 0.316 e. The van der Waals surface area contributed by atoms with Crippen LogP contribution in [-0.2, 0) is 6.54 Å². The Morgan fingerprint density at radius 2 is 2.00 bits per heavy atom. The van der Waals surface area contributed by atoms with Crippen molar-refractivity contribution in [3.05, 3.63) is 33.8 Å². The van der Waals surface area contributed by atoms with Crippen molar-refractivity contribution in [2.45, 2.75) is 32.7 Å². The summed E-state index contributed by atoms with van der Waals surface area (Å²) in [6.07, 6.45) is 3.78. The first-order valence-corrected chi connectivity index (χ1v) is 8.31. The second kappa shape index (κ2) is 8.23. The molecule has 2 nitrogen and oxygen atoms in total. The van der Waals surface area contributed by atoms with Crippen molar-refractivity contribution >= 4 is 23.2 Å². The molecule has 1 fully saturated rings. The normalized spacial score (nSPS) is 17.6. The standard InChI is InChI=1S/C16H24Cl2N2/c1-2-7-19-11-13-5-8-20(9-6-13)12-14-3-4-15(17)10-16(14)18/h3-4,10,13,19H,2,5-9,11-12H2,1H3. The summed E-state index contributed by atoms with van der Waals surface area (Å²) >= 11 is 12.2. The fourth-order valence-electron chi connectivity index (χ4n) is 2.72. The molecule has 4 heteroatoms. The van der Waals surface area contributed by atoms with E-state index in [9.17, 15) is 0 Å². The minimum atomic E-state index is 0.708. The third-order valence-electron chi connectivity index (χ3n) is 3.98. The number of nitrogens with zero attached hydrogens (tertiary/aromatic N) is 1. The second-order valence-corrected chi connectivity index (χ2v) is 6.50. The fraction of sp³-hybridized carbons (Fsp3) is 0.625. The first kappa shape index (κ1) is 16.1. The van der Waals surface area contributed by atoms with Gasteiger partial charge >= 0.3 is 0 Å². The molecule has 1 aromatic carbocycles. The molecule has 0 unspecified atom stereocenters. The maximum Gasteiger partial charge on any atom is 0.0465 e. The molecule has 0 amide bonds. The highest BCUT2D eigenvalue weighted by atomic mass is 35.5. The van der Waals surface area contributed by atoms with Gasteiger partial charge in [-0.25, -0.2) is 0 Å². The fourth-order valence-corrected chi connectivity index (χ4v) is 3.19. The number of halogens is 2. The van der Waals surface area contributed by atoms with Gasteiger partial charge < -0.3 is 5.32 Å². The Hall–Kier alpha value is -0.280. The van der Waals surface area contributed by atoms with Crippen molar-refractivity contribution in [2.24, 2.45) is 5.92 Å². The van der Waals surface area contributed by atoms with Gasteiger partial charge in [0.25, 0.3) is 0 Å². The van der Waals surface area contributed by atoms with E-state index in [4.69, 9.17) is 23.2 Å². The molecule has 1 saturated heterocycles. The van der Waals surface area contributed by atoms with Crippen molar-refractivity contribution in [1.29, 1.82) is 0 Å². The summed E-state index contributed by atoms with van der Waals surface area (Å²) in [6.45, 7) is 7.79. The predicted octanol–water partition coefficient (Wildman–Crippen LogP) is 4.21. The smallest absolute Gasteiger partial charge is 0.0465 e. The van der Waals surface area contributed by atoms with Gasteiger partial charge in [-0.3, -0.25) is 4.90 Å². The molecule has 20 heavy (non-hydrogen) atoms. The van der Waals surface area contributed by atoms with Crippen molar-refractivity contribution in [1.82, 2.24) is 10.2 Å². The van der Waals surface area contributed by atoms with Crippen molar-refractivity contribution in [3.8, 4) is 0 Å². The summed E-state index contributed by atoms with van der Waals surface area (Å²) < 4.78 is 0. The Labute approximate surface area is 132 Å². The molecule has 0 saturated carbocycles. The van der Waals surface area contributed by atoms with Crippen LogP contribution in [0.25, 0.3) is 0 Å². The summed E-state index contributed by atoms with van der Waals surface area (Å²) in [6, 6.07) is 5.80. The Morgan fingerprint density at radius 1 is 1.25 bits per heavy atom. The van der Waals surface area contributed by atoms with Gasteiger partial charge in [0.2, 0.25) is 0 Å². The molecule has 0 aromatic heterocycles. The van der Waals surface area contributed by atoms with Gasteiger partial charge in [0.05, 0.1) is 0 Å². The second-order valence-electron chi connectivity index (χ2n) is 5.66.